The number of amides is 1. The molecule has 1 amide bonds. The van der Waals surface area contributed by atoms with Gasteiger partial charge in [0, 0.05) is 18.8 Å². The Morgan fingerprint density at radius 1 is 1.17 bits per heavy atom. The van der Waals surface area contributed by atoms with Gasteiger partial charge < -0.3 is 10.2 Å². The van der Waals surface area contributed by atoms with E-state index in [9.17, 15) is 4.79 Å². The summed E-state index contributed by atoms with van der Waals surface area (Å²) in [4.78, 5) is 23.3. The molecular formula is C19H24N4O. The number of nitrogens with zero attached hydrogens (tertiary/aromatic N) is 3. The number of carbonyl (C=O) groups is 1. The van der Waals surface area contributed by atoms with Crippen LogP contribution >= 0.6 is 0 Å². The Balaban J connectivity index is 1.67. The Morgan fingerprint density at radius 3 is 2.54 bits per heavy atom. The van der Waals surface area contributed by atoms with E-state index in [1.165, 1.54) is 18.4 Å². The van der Waals surface area contributed by atoms with E-state index in [1.54, 1.807) is 12.4 Å². The normalized spacial score (nSPS) is 15.4. The lowest BCUT2D eigenvalue weighted by atomic mass is 9.99. The molecular weight excluding hydrogens is 300 g/mol. The maximum Gasteiger partial charge on any atom is 0.275 e. The number of rotatable bonds is 3. The maximum absolute atomic E-state index is 12.4. The molecule has 1 aromatic carbocycles. The standard InChI is InChI=1S/C19H24N4O/c1-13-6-8-23(9-7-13)18-12-20-17(11-21-18)19(24)22-16-5-4-14(2)10-15(16)3/h4-5,10-13H,6-9H2,1-3H3,(H,22,24). The smallest absolute Gasteiger partial charge is 0.275 e. The average molecular weight is 324 g/mol. The molecule has 0 radical (unpaired) electrons. The van der Waals surface area contributed by atoms with Crippen LogP contribution in [0.4, 0.5) is 11.5 Å². The highest BCUT2D eigenvalue weighted by Gasteiger charge is 2.18. The second kappa shape index (κ2) is 6.99. The minimum absolute atomic E-state index is 0.228. The van der Waals surface area contributed by atoms with Gasteiger partial charge in [0.05, 0.1) is 12.4 Å². The molecule has 5 nitrogen and oxygen atoms in total. The number of aryl methyl sites for hydroxylation is 2. The predicted molar refractivity (Wildman–Crippen MR) is 96.5 cm³/mol. The van der Waals surface area contributed by atoms with Crippen molar-refractivity contribution < 1.29 is 4.79 Å². The van der Waals surface area contributed by atoms with Crippen LogP contribution in [0.3, 0.4) is 0 Å². The van der Waals surface area contributed by atoms with Crippen molar-refractivity contribution in [2.45, 2.75) is 33.6 Å². The Labute approximate surface area is 143 Å². The SMILES string of the molecule is Cc1ccc(NC(=O)c2cnc(N3CCC(C)CC3)cn2)c(C)c1. The minimum Gasteiger partial charge on any atom is -0.355 e. The summed E-state index contributed by atoms with van der Waals surface area (Å²) in [6.07, 6.45) is 5.62. The quantitative estimate of drug-likeness (QED) is 0.937. The number of nitrogens with one attached hydrogen (secondary N) is 1. The second-order valence-corrected chi connectivity index (χ2v) is 6.70. The summed E-state index contributed by atoms with van der Waals surface area (Å²) in [5, 5.41) is 2.90. The lowest BCUT2D eigenvalue weighted by molar-refractivity contribution is 0.102. The molecule has 1 N–H and O–H groups in total. The van der Waals surface area contributed by atoms with Gasteiger partial charge in [-0.3, -0.25) is 4.79 Å². The van der Waals surface area contributed by atoms with Gasteiger partial charge in [0.2, 0.25) is 0 Å². The molecule has 126 valence electrons. The van der Waals surface area contributed by atoms with E-state index >= 15 is 0 Å². The van der Waals surface area contributed by atoms with E-state index in [4.69, 9.17) is 0 Å². The number of anilines is 2. The Hall–Kier alpha value is -2.43. The summed E-state index contributed by atoms with van der Waals surface area (Å²) >= 11 is 0. The van der Waals surface area contributed by atoms with Crippen LogP contribution < -0.4 is 10.2 Å². The fourth-order valence-corrected chi connectivity index (χ4v) is 2.98. The van der Waals surface area contributed by atoms with E-state index < -0.39 is 0 Å². The highest BCUT2D eigenvalue weighted by molar-refractivity contribution is 6.03. The van der Waals surface area contributed by atoms with Gasteiger partial charge in [0.25, 0.3) is 5.91 Å². The van der Waals surface area contributed by atoms with Gasteiger partial charge in [-0.25, -0.2) is 9.97 Å². The zero-order chi connectivity index (χ0) is 17.1. The topological polar surface area (TPSA) is 58.1 Å². The molecule has 0 saturated carbocycles. The summed E-state index contributed by atoms with van der Waals surface area (Å²) < 4.78 is 0. The highest BCUT2D eigenvalue weighted by Crippen LogP contribution is 2.21. The molecule has 1 aliphatic rings. The molecule has 1 saturated heterocycles. The molecule has 1 aromatic heterocycles. The third-order valence-corrected chi connectivity index (χ3v) is 4.61. The van der Waals surface area contributed by atoms with E-state index in [0.717, 1.165) is 36.1 Å². The van der Waals surface area contributed by atoms with Crippen molar-refractivity contribution in [1.29, 1.82) is 0 Å². The molecule has 24 heavy (non-hydrogen) atoms. The summed E-state index contributed by atoms with van der Waals surface area (Å²) in [5.74, 6) is 1.40. The molecule has 3 rings (SSSR count). The van der Waals surface area contributed by atoms with Crippen LogP contribution in [0, 0.1) is 19.8 Å². The average Bonchev–Trinajstić information content (AvgIpc) is 2.58. The summed E-state index contributed by atoms with van der Waals surface area (Å²) in [7, 11) is 0. The van der Waals surface area contributed by atoms with Crippen molar-refractivity contribution in [1.82, 2.24) is 9.97 Å². The number of hydrogen-bond acceptors (Lipinski definition) is 4. The van der Waals surface area contributed by atoms with Crippen LogP contribution in [0.2, 0.25) is 0 Å². The van der Waals surface area contributed by atoms with Crippen molar-refractivity contribution in [2.24, 2.45) is 5.92 Å². The highest BCUT2D eigenvalue weighted by atomic mass is 16.1. The van der Waals surface area contributed by atoms with Crippen LogP contribution in [0.1, 0.15) is 41.4 Å². The molecule has 0 bridgehead atoms. The van der Waals surface area contributed by atoms with Crippen LogP contribution in [-0.4, -0.2) is 29.0 Å². The van der Waals surface area contributed by atoms with Crippen molar-refractivity contribution in [3.05, 3.63) is 47.4 Å². The first-order valence-corrected chi connectivity index (χ1v) is 8.48. The monoisotopic (exact) mass is 324 g/mol. The van der Waals surface area contributed by atoms with Gasteiger partial charge in [-0.2, -0.15) is 0 Å². The van der Waals surface area contributed by atoms with Gasteiger partial charge in [0.1, 0.15) is 11.5 Å². The third-order valence-electron chi connectivity index (χ3n) is 4.61. The molecule has 1 aliphatic heterocycles. The van der Waals surface area contributed by atoms with E-state index in [2.05, 4.69) is 27.1 Å². The number of aromatic nitrogens is 2. The van der Waals surface area contributed by atoms with E-state index in [0.29, 0.717) is 5.69 Å². The predicted octanol–water partition coefficient (Wildman–Crippen LogP) is 3.58. The summed E-state index contributed by atoms with van der Waals surface area (Å²) in [5.41, 5.74) is 3.35. The zero-order valence-electron chi connectivity index (χ0n) is 14.5. The van der Waals surface area contributed by atoms with E-state index in [1.807, 2.05) is 32.0 Å². The minimum atomic E-state index is -0.228. The molecule has 0 spiro atoms. The van der Waals surface area contributed by atoms with Gasteiger partial charge in [0.15, 0.2) is 0 Å². The van der Waals surface area contributed by atoms with Crippen LogP contribution in [0.5, 0.6) is 0 Å². The van der Waals surface area contributed by atoms with Crippen molar-refractivity contribution in [3.8, 4) is 0 Å². The Bertz CT molecular complexity index is 719. The van der Waals surface area contributed by atoms with Crippen molar-refractivity contribution >= 4 is 17.4 Å². The van der Waals surface area contributed by atoms with Crippen LogP contribution in [0.15, 0.2) is 30.6 Å². The molecule has 0 aliphatic carbocycles. The lowest BCUT2D eigenvalue weighted by Gasteiger charge is -2.30. The first-order chi connectivity index (χ1) is 11.5. The molecule has 2 heterocycles. The fourth-order valence-electron chi connectivity index (χ4n) is 2.98. The van der Waals surface area contributed by atoms with Crippen LogP contribution in [0.25, 0.3) is 0 Å². The Morgan fingerprint density at radius 2 is 1.92 bits per heavy atom. The molecule has 2 aromatic rings. The second-order valence-electron chi connectivity index (χ2n) is 6.70. The van der Waals surface area contributed by atoms with Gasteiger partial charge in [-0.1, -0.05) is 24.6 Å². The summed E-state index contributed by atoms with van der Waals surface area (Å²) in [6, 6.07) is 5.94. The van der Waals surface area contributed by atoms with Crippen molar-refractivity contribution in [2.75, 3.05) is 23.3 Å². The number of hydrogen-bond donors (Lipinski definition) is 1. The van der Waals surface area contributed by atoms with Crippen LogP contribution in [-0.2, 0) is 0 Å². The van der Waals surface area contributed by atoms with E-state index in [-0.39, 0.29) is 5.91 Å². The third kappa shape index (κ3) is 3.72. The first kappa shape index (κ1) is 16.4. The molecule has 0 unspecified atom stereocenters. The fraction of sp³-hybridized carbons (Fsp3) is 0.421. The Kier molecular flexibility index (Phi) is 4.79. The van der Waals surface area contributed by atoms with Gasteiger partial charge >= 0.3 is 0 Å². The zero-order valence-corrected chi connectivity index (χ0v) is 14.5. The van der Waals surface area contributed by atoms with Gasteiger partial charge in [-0.15, -0.1) is 0 Å². The number of carbonyl (C=O) groups excluding carboxylic acids is 1. The lowest BCUT2D eigenvalue weighted by Crippen LogP contribution is -2.33. The number of piperidine rings is 1. The molecule has 1 fully saturated rings. The summed E-state index contributed by atoms with van der Waals surface area (Å²) in [6.45, 7) is 8.30. The van der Waals surface area contributed by atoms with Gasteiger partial charge in [-0.05, 0) is 44.2 Å². The first-order valence-electron chi connectivity index (χ1n) is 8.48. The molecule has 0 atom stereocenters. The molecule has 5 heteroatoms. The maximum atomic E-state index is 12.4. The number of benzene rings is 1. The largest absolute Gasteiger partial charge is 0.355 e. The van der Waals surface area contributed by atoms with Crippen molar-refractivity contribution in [3.63, 3.8) is 0 Å².